The van der Waals surface area contributed by atoms with E-state index in [9.17, 15) is 9.59 Å². The maximum atomic E-state index is 12.2. The zero-order valence-electron chi connectivity index (χ0n) is 13.2. The SMILES string of the molecule is CCN1CCC(NC(=O)Cc2ccc(C(N)=O)nc2)C(C)C1. The van der Waals surface area contributed by atoms with E-state index in [4.69, 9.17) is 5.73 Å². The number of nitrogens with two attached hydrogens (primary N) is 1. The van der Waals surface area contributed by atoms with Crippen molar-refractivity contribution < 1.29 is 9.59 Å². The van der Waals surface area contributed by atoms with Gasteiger partial charge in [-0.15, -0.1) is 0 Å². The molecule has 120 valence electrons. The molecule has 0 aromatic carbocycles. The van der Waals surface area contributed by atoms with Gasteiger partial charge in [-0.1, -0.05) is 19.9 Å². The molecule has 1 aliphatic rings. The van der Waals surface area contributed by atoms with Crippen LogP contribution in [0.1, 0.15) is 36.3 Å². The van der Waals surface area contributed by atoms with E-state index < -0.39 is 5.91 Å². The quantitative estimate of drug-likeness (QED) is 0.832. The Balaban J connectivity index is 1.86. The summed E-state index contributed by atoms with van der Waals surface area (Å²) < 4.78 is 0. The van der Waals surface area contributed by atoms with E-state index in [1.165, 1.54) is 6.20 Å². The lowest BCUT2D eigenvalue weighted by molar-refractivity contribution is -0.121. The van der Waals surface area contributed by atoms with E-state index in [0.29, 0.717) is 5.92 Å². The molecular weight excluding hydrogens is 280 g/mol. The van der Waals surface area contributed by atoms with Gasteiger partial charge >= 0.3 is 0 Å². The number of aromatic nitrogens is 1. The van der Waals surface area contributed by atoms with Crippen molar-refractivity contribution in [1.82, 2.24) is 15.2 Å². The van der Waals surface area contributed by atoms with Crippen LogP contribution in [0.5, 0.6) is 0 Å². The first kappa shape index (κ1) is 16.4. The molecule has 1 aromatic rings. The highest BCUT2D eigenvalue weighted by Crippen LogP contribution is 2.16. The molecule has 2 heterocycles. The van der Waals surface area contributed by atoms with Gasteiger partial charge in [0.05, 0.1) is 6.42 Å². The van der Waals surface area contributed by atoms with Gasteiger partial charge in [0.2, 0.25) is 5.91 Å². The van der Waals surface area contributed by atoms with Crippen LogP contribution in [0.3, 0.4) is 0 Å². The van der Waals surface area contributed by atoms with Gasteiger partial charge in [-0.3, -0.25) is 14.6 Å². The predicted octanol–water partition coefficient (Wildman–Crippen LogP) is 0.570. The minimum absolute atomic E-state index is 0.00424. The van der Waals surface area contributed by atoms with E-state index in [2.05, 4.69) is 29.0 Å². The maximum absolute atomic E-state index is 12.2. The lowest BCUT2D eigenvalue weighted by Gasteiger charge is -2.36. The Hall–Kier alpha value is -1.95. The molecule has 22 heavy (non-hydrogen) atoms. The third-order valence-corrected chi connectivity index (χ3v) is 4.22. The number of rotatable bonds is 5. The van der Waals surface area contributed by atoms with Crippen LogP contribution in [-0.2, 0) is 11.2 Å². The molecular formula is C16H24N4O2. The van der Waals surface area contributed by atoms with Gasteiger partial charge in [0.25, 0.3) is 5.91 Å². The first-order valence-corrected chi connectivity index (χ1v) is 7.76. The third-order valence-electron chi connectivity index (χ3n) is 4.22. The first-order chi connectivity index (χ1) is 10.5. The Morgan fingerprint density at radius 3 is 2.77 bits per heavy atom. The van der Waals surface area contributed by atoms with E-state index in [0.717, 1.165) is 31.6 Å². The highest BCUT2D eigenvalue weighted by Gasteiger charge is 2.26. The van der Waals surface area contributed by atoms with E-state index in [1.54, 1.807) is 12.1 Å². The van der Waals surface area contributed by atoms with Crippen LogP contribution in [-0.4, -0.2) is 47.4 Å². The zero-order chi connectivity index (χ0) is 16.1. The fourth-order valence-corrected chi connectivity index (χ4v) is 2.85. The number of hydrogen-bond acceptors (Lipinski definition) is 4. The number of primary amides is 1. The van der Waals surface area contributed by atoms with Crippen LogP contribution in [0.2, 0.25) is 0 Å². The lowest BCUT2D eigenvalue weighted by atomic mass is 9.93. The molecule has 3 N–H and O–H groups in total. The molecule has 2 amide bonds. The predicted molar refractivity (Wildman–Crippen MR) is 84.3 cm³/mol. The monoisotopic (exact) mass is 304 g/mol. The molecule has 0 radical (unpaired) electrons. The number of carbonyl (C=O) groups excluding carboxylic acids is 2. The Morgan fingerprint density at radius 1 is 1.45 bits per heavy atom. The van der Waals surface area contributed by atoms with Gasteiger partial charge in [0, 0.05) is 25.3 Å². The van der Waals surface area contributed by atoms with Crippen molar-refractivity contribution in [2.24, 2.45) is 11.7 Å². The van der Waals surface area contributed by atoms with Gasteiger partial charge in [-0.05, 0) is 30.5 Å². The van der Waals surface area contributed by atoms with Gasteiger partial charge in [-0.2, -0.15) is 0 Å². The van der Waals surface area contributed by atoms with Gasteiger partial charge < -0.3 is 16.0 Å². The summed E-state index contributed by atoms with van der Waals surface area (Å²) in [7, 11) is 0. The Labute approximate surface area is 131 Å². The topological polar surface area (TPSA) is 88.3 Å². The highest BCUT2D eigenvalue weighted by atomic mass is 16.2. The van der Waals surface area contributed by atoms with Crippen LogP contribution in [0, 0.1) is 5.92 Å². The molecule has 2 atom stereocenters. The Bertz CT molecular complexity index is 529. The molecule has 2 rings (SSSR count). The molecule has 0 spiro atoms. The number of amides is 2. The van der Waals surface area contributed by atoms with Crippen LogP contribution in [0.25, 0.3) is 0 Å². The summed E-state index contributed by atoms with van der Waals surface area (Å²) in [6.07, 6.45) is 2.79. The standard InChI is InChI=1S/C16H24N4O2/c1-3-20-7-6-13(11(2)10-20)19-15(21)8-12-4-5-14(16(17)22)18-9-12/h4-5,9,11,13H,3,6-8,10H2,1-2H3,(H2,17,22)(H,19,21). The first-order valence-electron chi connectivity index (χ1n) is 7.76. The number of pyridine rings is 1. The average molecular weight is 304 g/mol. The van der Waals surface area contributed by atoms with Crippen molar-refractivity contribution in [2.45, 2.75) is 32.7 Å². The smallest absolute Gasteiger partial charge is 0.267 e. The van der Waals surface area contributed by atoms with Crippen LogP contribution in [0.15, 0.2) is 18.3 Å². The summed E-state index contributed by atoms with van der Waals surface area (Å²) >= 11 is 0. The van der Waals surface area contributed by atoms with E-state index in [1.807, 2.05) is 0 Å². The van der Waals surface area contributed by atoms with Crippen molar-refractivity contribution in [3.63, 3.8) is 0 Å². The molecule has 0 aliphatic carbocycles. The minimum atomic E-state index is -0.562. The second kappa shape index (κ2) is 7.35. The summed E-state index contributed by atoms with van der Waals surface area (Å²) in [5.74, 6) is -0.115. The van der Waals surface area contributed by atoms with Gasteiger partial charge in [-0.25, -0.2) is 0 Å². The molecule has 1 saturated heterocycles. The van der Waals surface area contributed by atoms with Crippen molar-refractivity contribution in [3.05, 3.63) is 29.6 Å². The second-order valence-corrected chi connectivity index (χ2v) is 5.93. The largest absolute Gasteiger partial charge is 0.364 e. The average Bonchev–Trinajstić information content (AvgIpc) is 2.49. The molecule has 0 saturated carbocycles. The summed E-state index contributed by atoms with van der Waals surface area (Å²) in [4.78, 5) is 29.5. The highest BCUT2D eigenvalue weighted by molar-refractivity contribution is 5.90. The Kier molecular flexibility index (Phi) is 5.49. The molecule has 6 nitrogen and oxygen atoms in total. The van der Waals surface area contributed by atoms with Crippen molar-refractivity contribution in [3.8, 4) is 0 Å². The van der Waals surface area contributed by atoms with E-state index in [-0.39, 0.29) is 24.1 Å². The number of nitrogens with zero attached hydrogens (tertiary/aromatic N) is 2. The summed E-state index contributed by atoms with van der Waals surface area (Å²) in [6.45, 7) is 7.45. The van der Waals surface area contributed by atoms with Gasteiger partial charge in [0.1, 0.15) is 5.69 Å². The van der Waals surface area contributed by atoms with E-state index >= 15 is 0 Å². The van der Waals surface area contributed by atoms with Crippen LogP contribution < -0.4 is 11.1 Å². The number of hydrogen-bond donors (Lipinski definition) is 2. The molecule has 1 aromatic heterocycles. The summed E-state index contributed by atoms with van der Waals surface area (Å²) in [5, 5.41) is 3.11. The molecule has 2 unspecified atom stereocenters. The second-order valence-electron chi connectivity index (χ2n) is 5.93. The summed E-state index contributed by atoms with van der Waals surface area (Å²) in [5.41, 5.74) is 6.13. The molecule has 0 bridgehead atoms. The number of carbonyl (C=O) groups is 2. The molecule has 6 heteroatoms. The zero-order valence-corrected chi connectivity index (χ0v) is 13.2. The molecule has 1 fully saturated rings. The number of nitrogens with one attached hydrogen (secondary N) is 1. The fourth-order valence-electron chi connectivity index (χ4n) is 2.85. The lowest BCUT2D eigenvalue weighted by Crippen LogP contribution is -2.50. The van der Waals surface area contributed by atoms with Crippen molar-refractivity contribution in [2.75, 3.05) is 19.6 Å². The minimum Gasteiger partial charge on any atom is -0.364 e. The fraction of sp³-hybridized carbons (Fsp3) is 0.562. The third kappa shape index (κ3) is 4.27. The number of piperidine rings is 1. The summed E-state index contributed by atoms with van der Waals surface area (Å²) in [6, 6.07) is 3.50. The van der Waals surface area contributed by atoms with Crippen LogP contribution >= 0.6 is 0 Å². The maximum Gasteiger partial charge on any atom is 0.267 e. The Morgan fingerprint density at radius 2 is 2.23 bits per heavy atom. The van der Waals surface area contributed by atoms with Gasteiger partial charge in [0.15, 0.2) is 0 Å². The van der Waals surface area contributed by atoms with Crippen molar-refractivity contribution >= 4 is 11.8 Å². The van der Waals surface area contributed by atoms with Crippen LogP contribution in [0.4, 0.5) is 0 Å². The van der Waals surface area contributed by atoms with Crippen molar-refractivity contribution in [1.29, 1.82) is 0 Å². The number of likely N-dealkylation sites (tertiary alicyclic amines) is 1. The molecule has 1 aliphatic heterocycles. The normalized spacial score (nSPS) is 22.3.